The van der Waals surface area contributed by atoms with Crippen LogP contribution in [-0.4, -0.2) is 306 Å². The SMILES string of the molecule is CC(C)(C)OC(=O)Nc1cn[nH]c1C(=O)O.CNc1cn[nH]c1C(=O)Nc1cc(CN2CCOCC2)ccc1N.CNc1cn[nH]c1C(=O)Nc1cc(CN2CCOCC2)ccc1N.CNc1cn[nH]c1C(=O)Nc1ccc(CN2CCOCC2)cc1N.CNc1cn[nH]c1C(=O)Nc1ccc(CN2CCOCC2)cc1N.O=c1[nH]c2cn[nH]c2c2nc3ccc(CN4CCOCC4)cc3n12. The summed E-state index contributed by atoms with van der Waals surface area (Å²) in [4.78, 5) is 103. The zero-order chi connectivity index (χ0) is 96.2. The van der Waals surface area contributed by atoms with Gasteiger partial charge in [0.2, 0.25) is 0 Å². The number of carbonyl (C=O) groups excluding carboxylic acids is 5. The van der Waals surface area contributed by atoms with Crippen LogP contribution in [0.3, 0.4) is 0 Å². The monoisotopic (exact) mass is 1870 g/mol. The van der Waals surface area contributed by atoms with Gasteiger partial charge in [0.25, 0.3) is 23.6 Å². The second kappa shape index (κ2) is 47.5. The van der Waals surface area contributed by atoms with Gasteiger partial charge in [-0.15, -0.1) is 0 Å². The Morgan fingerprint density at radius 1 is 0.382 bits per heavy atom. The van der Waals surface area contributed by atoms with E-state index in [1.54, 1.807) is 84.3 Å². The predicted molar refractivity (Wildman–Crippen MR) is 517 cm³/mol. The van der Waals surface area contributed by atoms with Gasteiger partial charge in [0, 0.05) is 126 Å². The highest BCUT2D eigenvalue weighted by Gasteiger charge is 2.26. The number of hydrogen-bond acceptors (Lipinski definition) is 33. The van der Waals surface area contributed by atoms with E-state index in [1.807, 2.05) is 84.9 Å². The third-order valence-electron chi connectivity index (χ3n) is 22.1. The number of carboxylic acid groups (broad SMARTS) is 1. The number of nitrogens with one attached hydrogen (secondary N) is 16. The van der Waals surface area contributed by atoms with Gasteiger partial charge >= 0.3 is 17.8 Å². The summed E-state index contributed by atoms with van der Waals surface area (Å²) in [5, 5.41) is 72.9. The highest BCUT2D eigenvalue weighted by Crippen LogP contribution is 2.30. The van der Waals surface area contributed by atoms with Gasteiger partial charge in [-0.25, -0.2) is 23.8 Å². The number of morpholine rings is 5. The summed E-state index contributed by atoms with van der Waals surface area (Å²) in [6, 6.07) is 28.9. The molecule has 25 N–H and O–H groups in total. The molecule has 136 heavy (non-hydrogen) atoms. The summed E-state index contributed by atoms with van der Waals surface area (Å²) in [7, 11) is 6.94. The van der Waals surface area contributed by atoms with Crippen LogP contribution in [0.5, 0.6) is 0 Å². The van der Waals surface area contributed by atoms with Gasteiger partial charge in [-0.3, -0.25) is 79.6 Å². The van der Waals surface area contributed by atoms with Crippen LogP contribution in [0.25, 0.3) is 27.7 Å². The first kappa shape index (κ1) is 98.4. The standard InChI is InChI=1S/C16H16N6O2.4C16H22N6O2.C9H13N3O4/c23-16-19-12-8-17-20-14(12)15-18-11-2-1-10(7-13(11)22(15)16)9-21-3-5-24-6-4-21;2*1-18-14-9-19-21-15(14)16(23)20-13-3-2-11(8-12(13)17)10-22-4-6-24-7-5-22;2*1-18-14-9-19-21-15(14)16(23)20-13-8-11(2-3-12(13)17)10-22-4-6-24-7-5-22;1-9(2,3)16-8(15)11-5-4-10-12-6(5)7(13)14/h1-2,7-8H,3-6,9H2,(H,17,20)(H,19,23);4*2-3,8-9,18H,4-7,10,17H2,1H3,(H,19,21)(H,20,23);4H,1-3H3,(H,10,12)(H,11,15)(H,13,14). The molecule has 18 rings (SSSR count). The zero-order valence-corrected chi connectivity index (χ0v) is 76.7. The van der Waals surface area contributed by atoms with Gasteiger partial charge < -0.3 is 104 Å². The van der Waals surface area contributed by atoms with Crippen molar-refractivity contribution in [3.63, 3.8) is 0 Å². The average Bonchev–Trinajstić information content (AvgIpc) is 1.59. The molecular weight excluding hydrogens is 1760 g/mol. The number of imidazole rings is 1. The van der Waals surface area contributed by atoms with Crippen LogP contribution in [0.1, 0.15) is 101 Å². The first-order valence-corrected chi connectivity index (χ1v) is 44.0. The van der Waals surface area contributed by atoms with E-state index >= 15 is 0 Å². The molecule has 47 heteroatoms. The van der Waals surface area contributed by atoms with Crippen molar-refractivity contribution < 1.29 is 62.3 Å². The molecule has 0 atom stereocenters. The molecule has 5 fully saturated rings. The number of aromatic nitrogens is 15. The molecule has 5 aliphatic rings. The molecule has 0 aliphatic carbocycles. The number of benzene rings is 5. The number of anilines is 13. The predicted octanol–water partition coefficient (Wildman–Crippen LogP) is 6.81. The van der Waals surface area contributed by atoms with Gasteiger partial charge in [0.05, 0.1) is 194 Å². The summed E-state index contributed by atoms with van der Waals surface area (Å²) in [5.74, 6) is -2.35. The summed E-state index contributed by atoms with van der Waals surface area (Å²) < 4.78 is 33.4. The summed E-state index contributed by atoms with van der Waals surface area (Å²) in [6.45, 7) is 26.0. The summed E-state index contributed by atoms with van der Waals surface area (Å²) in [5.41, 5.74) is 41.0. The summed E-state index contributed by atoms with van der Waals surface area (Å²) >= 11 is 0. The maximum absolute atomic E-state index is 12.5. The van der Waals surface area contributed by atoms with Gasteiger partial charge in [0.15, 0.2) is 11.3 Å². The lowest BCUT2D eigenvalue weighted by atomic mass is 10.1. The number of aromatic carboxylic acids is 1. The fourth-order valence-corrected chi connectivity index (χ4v) is 15.0. The Labute approximate surface area is 780 Å². The lowest BCUT2D eigenvalue weighted by Crippen LogP contribution is -2.35. The number of carboxylic acids is 1. The van der Waals surface area contributed by atoms with Crippen molar-refractivity contribution in [2.45, 2.75) is 59.1 Å². The Morgan fingerprint density at radius 2 is 0.699 bits per heavy atom. The average molecular weight is 1870 g/mol. The number of hydrogen-bond donors (Lipinski definition) is 21. The van der Waals surface area contributed by atoms with Gasteiger partial charge in [-0.05, 0) is 109 Å². The molecule has 13 aromatic rings. The largest absolute Gasteiger partial charge is 0.476 e. The number of carbonyl (C=O) groups is 6. The Hall–Kier alpha value is -15.1. The molecule has 0 bridgehead atoms. The van der Waals surface area contributed by atoms with Crippen molar-refractivity contribution in [2.24, 2.45) is 0 Å². The molecule has 5 aromatic carbocycles. The first-order chi connectivity index (χ1) is 65.8. The summed E-state index contributed by atoms with van der Waals surface area (Å²) in [6.07, 6.45) is 8.32. The topological polar surface area (TPSA) is 629 Å². The minimum atomic E-state index is -1.21. The number of nitrogen functional groups attached to an aromatic ring is 4. The van der Waals surface area contributed by atoms with Crippen LogP contribution in [0.2, 0.25) is 0 Å². The highest BCUT2D eigenvalue weighted by molar-refractivity contribution is 6.10. The number of nitrogens with two attached hydrogens (primary N) is 4. The number of ether oxygens (including phenoxy) is 6. The molecule has 5 amide bonds. The van der Waals surface area contributed by atoms with E-state index in [0.29, 0.717) is 102 Å². The zero-order valence-electron chi connectivity index (χ0n) is 76.7. The van der Waals surface area contributed by atoms with Crippen molar-refractivity contribution in [3.05, 3.63) is 195 Å². The molecule has 0 saturated carbocycles. The molecule has 13 heterocycles. The molecule has 47 nitrogen and oxygen atoms in total. The van der Waals surface area contributed by atoms with Crippen LogP contribution in [0, 0.1) is 0 Å². The number of aromatic amines is 7. The van der Waals surface area contributed by atoms with Gasteiger partial charge in [-0.1, -0.05) is 30.3 Å². The minimum Gasteiger partial charge on any atom is -0.476 e. The van der Waals surface area contributed by atoms with E-state index in [1.165, 1.54) is 6.20 Å². The molecule has 722 valence electrons. The van der Waals surface area contributed by atoms with Gasteiger partial charge in [-0.2, -0.15) is 30.6 Å². The number of rotatable bonds is 24. The highest BCUT2D eigenvalue weighted by atomic mass is 16.6. The van der Waals surface area contributed by atoms with Crippen molar-refractivity contribution >= 4 is 137 Å². The molecule has 5 aliphatic heterocycles. The molecule has 0 radical (unpaired) electrons. The second-order valence-corrected chi connectivity index (χ2v) is 32.9. The van der Waals surface area contributed by atoms with E-state index in [4.69, 9.17) is 56.5 Å². The minimum absolute atomic E-state index is 0.0711. The van der Waals surface area contributed by atoms with Crippen molar-refractivity contribution in [3.8, 4) is 0 Å². The van der Waals surface area contributed by atoms with E-state index in [9.17, 15) is 33.6 Å². The maximum Gasteiger partial charge on any atom is 0.412 e. The Kier molecular flexibility index (Phi) is 34.4. The smallest absolute Gasteiger partial charge is 0.412 e. The maximum atomic E-state index is 12.5. The second-order valence-electron chi connectivity index (χ2n) is 32.9. The fourth-order valence-electron chi connectivity index (χ4n) is 15.0. The van der Waals surface area contributed by atoms with Gasteiger partial charge in [0.1, 0.15) is 33.9 Å². The van der Waals surface area contributed by atoms with E-state index in [2.05, 4.69) is 150 Å². The molecular formula is C89H117N33O14. The molecule has 0 unspecified atom stereocenters. The third-order valence-corrected chi connectivity index (χ3v) is 22.1. The number of nitrogens with zero attached hydrogens (tertiary/aromatic N) is 13. The fraction of sp³-hybridized carbons (Fsp3) is 0.371. The Bertz CT molecular complexity index is 5990. The van der Waals surface area contributed by atoms with E-state index in [-0.39, 0.29) is 40.7 Å². The van der Waals surface area contributed by atoms with Crippen LogP contribution in [-0.2, 0) is 61.1 Å². The van der Waals surface area contributed by atoms with E-state index in [0.717, 1.165) is 209 Å². The van der Waals surface area contributed by atoms with Crippen LogP contribution in [0.15, 0.2) is 133 Å². The number of fused-ring (bicyclic) bond motifs is 5. The molecule has 8 aromatic heterocycles. The molecule has 0 spiro atoms. The normalized spacial score (nSPS) is 14.9. The van der Waals surface area contributed by atoms with Crippen molar-refractivity contribution in [2.75, 3.05) is 230 Å². The quantitative estimate of drug-likeness (QED) is 0.0276. The lowest BCUT2D eigenvalue weighted by molar-refractivity contribution is 0.0341. The van der Waals surface area contributed by atoms with Crippen molar-refractivity contribution in [1.29, 1.82) is 0 Å². The lowest BCUT2D eigenvalue weighted by Gasteiger charge is -2.26. The number of amides is 5. The van der Waals surface area contributed by atoms with Crippen LogP contribution in [0.4, 0.5) is 78.7 Å². The van der Waals surface area contributed by atoms with E-state index < -0.39 is 17.7 Å². The van der Waals surface area contributed by atoms with Crippen LogP contribution < -0.4 is 76.5 Å². The Balaban J connectivity index is 0.000000139. The Morgan fingerprint density at radius 3 is 1.04 bits per heavy atom. The third kappa shape index (κ3) is 27.1. The number of H-pyrrole nitrogens is 7. The van der Waals surface area contributed by atoms with Crippen LogP contribution >= 0.6 is 0 Å². The first-order valence-electron chi connectivity index (χ1n) is 44.0. The van der Waals surface area contributed by atoms with Crippen molar-refractivity contribution in [1.82, 2.24) is 100 Å². The molecule has 5 saturated heterocycles.